The normalized spacial score (nSPS) is 19.0. The quantitative estimate of drug-likeness (QED) is 0.646. The Balaban J connectivity index is 1.70. The molecule has 2 rings (SSSR count). The minimum atomic E-state index is 0.605. The molecule has 0 aromatic heterocycles. The minimum absolute atomic E-state index is 0.605. The standard InChI is InChI=1S/C17H27N3O/c1-3-10-19-17(18-2)20-11-9-16(12-20)14-21-13-15-7-5-4-6-8-15/h4-8,16H,3,9-14H2,1-2H3,(H,18,19). The fraction of sp³-hybridized carbons (Fsp3) is 0.588. The molecule has 1 aromatic carbocycles. The summed E-state index contributed by atoms with van der Waals surface area (Å²) in [7, 11) is 1.86. The van der Waals surface area contributed by atoms with Gasteiger partial charge in [0.25, 0.3) is 0 Å². The van der Waals surface area contributed by atoms with Crippen molar-refractivity contribution < 1.29 is 4.74 Å². The topological polar surface area (TPSA) is 36.9 Å². The third kappa shape index (κ3) is 5.05. The predicted molar refractivity (Wildman–Crippen MR) is 87.4 cm³/mol. The second-order valence-electron chi connectivity index (χ2n) is 5.58. The number of hydrogen-bond acceptors (Lipinski definition) is 2. The van der Waals surface area contributed by atoms with Crippen LogP contribution in [0.15, 0.2) is 35.3 Å². The van der Waals surface area contributed by atoms with Crippen LogP contribution in [0.5, 0.6) is 0 Å². The van der Waals surface area contributed by atoms with Gasteiger partial charge in [0.1, 0.15) is 0 Å². The van der Waals surface area contributed by atoms with Gasteiger partial charge in [-0.15, -0.1) is 0 Å². The van der Waals surface area contributed by atoms with Gasteiger partial charge in [-0.3, -0.25) is 4.99 Å². The molecule has 0 bridgehead atoms. The average Bonchev–Trinajstić information content (AvgIpc) is 2.98. The largest absolute Gasteiger partial charge is 0.376 e. The van der Waals surface area contributed by atoms with Crippen molar-refractivity contribution >= 4 is 5.96 Å². The van der Waals surface area contributed by atoms with E-state index >= 15 is 0 Å². The molecule has 1 saturated heterocycles. The second kappa shape index (κ2) is 8.67. The zero-order valence-corrected chi connectivity index (χ0v) is 13.2. The molecule has 0 radical (unpaired) electrons. The van der Waals surface area contributed by atoms with Crippen LogP contribution in [0.3, 0.4) is 0 Å². The van der Waals surface area contributed by atoms with E-state index in [1.165, 1.54) is 12.0 Å². The SMILES string of the molecule is CCCNC(=NC)N1CCC(COCc2ccccc2)C1. The molecule has 1 unspecified atom stereocenters. The van der Waals surface area contributed by atoms with Crippen LogP contribution in [0.1, 0.15) is 25.3 Å². The average molecular weight is 289 g/mol. The van der Waals surface area contributed by atoms with Crippen LogP contribution in [-0.2, 0) is 11.3 Å². The van der Waals surface area contributed by atoms with Crippen LogP contribution in [0.2, 0.25) is 0 Å². The third-order valence-electron chi connectivity index (χ3n) is 3.80. The van der Waals surface area contributed by atoms with E-state index in [0.717, 1.165) is 38.6 Å². The minimum Gasteiger partial charge on any atom is -0.376 e. The zero-order valence-electron chi connectivity index (χ0n) is 13.2. The molecule has 1 atom stereocenters. The number of benzene rings is 1. The zero-order chi connectivity index (χ0) is 14.9. The van der Waals surface area contributed by atoms with Gasteiger partial charge in [-0.1, -0.05) is 37.3 Å². The maximum absolute atomic E-state index is 5.86. The molecule has 0 aliphatic carbocycles. The fourth-order valence-corrected chi connectivity index (χ4v) is 2.65. The second-order valence-corrected chi connectivity index (χ2v) is 5.58. The van der Waals surface area contributed by atoms with Gasteiger partial charge in [0.2, 0.25) is 0 Å². The molecule has 0 spiro atoms. The summed E-state index contributed by atoms with van der Waals surface area (Å²) in [6, 6.07) is 10.4. The van der Waals surface area contributed by atoms with E-state index in [0.29, 0.717) is 12.5 Å². The summed E-state index contributed by atoms with van der Waals surface area (Å²) in [4.78, 5) is 6.70. The number of nitrogens with zero attached hydrogens (tertiary/aromatic N) is 2. The fourth-order valence-electron chi connectivity index (χ4n) is 2.65. The Morgan fingerprint density at radius 3 is 2.90 bits per heavy atom. The Hall–Kier alpha value is -1.55. The van der Waals surface area contributed by atoms with Gasteiger partial charge >= 0.3 is 0 Å². The van der Waals surface area contributed by atoms with E-state index in [2.05, 4.69) is 46.4 Å². The van der Waals surface area contributed by atoms with Crippen LogP contribution in [0, 0.1) is 5.92 Å². The smallest absolute Gasteiger partial charge is 0.193 e. The van der Waals surface area contributed by atoms with E-state index in [1.54, 1.807) is 0 Å². The summed E-state index contributed by atoms with van der Waals surface area (Å²) in [5, 5.41) is 3.40. The highest BCUT2D eigenvalue weighted by atomic mass is 16.5. The first-order valence-electron chi connectivity index (χ1n) is 7.90. The molecule has 0 amide bonds. The van der Waals surface area contributed by atoms with E-state index in [9.17, 15) is 0 Å². The lowest BCUT2D eigenvalue weighted by Gasteiger charge is -2.21. The number of aliphatic imine (C=N–C) groups is 1. The van der Waals surface area contributed by atoms with Crippen LogP contribution in [-0.4, -0.2) is 44.1 Å². The lowest BCUT2D eigenvalue weighted by molar-refractivity contribution is 0.0907. The maximum Gasteiger partial charge on any atom is 0.193 e. The van der Waals surface area contributed by atoms with Crippen molar-refractivity contribution in [2.24, 2.45) is 10.9 Å². The van der Waals surface area contributed by atoms with Crippen LogP contribution < -0.4 is 5.32 Å². The van der Waals surface area contributed by atoms with Gasteiger partial charge in [-0.25, -0.2) is 0 Å². The monoisotopic (exact) mass is 289 g/mol. The molecule has 4 nitrogen and oxygen atoms in total. The van der Waals surface area contributed by atoms with E-state index < -0.39 is 0 Å². The first-order valence-corrected chi connectivity index (χ1v) is 7.90. The molecule has 1 heterocycles. The molecular weight excluding hydrogens is 262 g/mol. The lowest BCUT2D eigenvalue weighted by Crippen LogP contribution is -2.40. The van der Waals surface area contributed by atoms with E-state index in [1.807, 2.05) is 13.1 Å². The molecule has 21 heavy (non-hydrogen) atoms. The molecule has 0 saturated carbocycles. The van der Waals surface area contributed by atoms with E-state index in [4.69, 9.17) is 4.74 Å². The summed E-state index contributed by atoms with van der Waals surface area (Å²) in [5.41, 5.74) is 1.24. The maximum atomic E-state index is 5.86. The number of guanidine groups is 1. The summed E-state index contributed by atoms with van der Waals surface area (Å²) in [5.74, 6) is 1.64. The Kier molecular flexibility index (Phi) is 6.54. The van der Waals surface area contributed by atoms with Gasteiger partial charge in [0, 0.05) is 32.6 Å². The highest BCUT2D eigenvalue weighted by Crippen LogP contribution is 2.17. The third-order valence-corrected chi connectivity index (χ3v) is 3.80. The van der Waals surface area contributed by atoms with Crippen molar-refractivity contribution in [1.82, 2.24) is 10.2 Å². The lowest BCUT2D eigenvalue weighted by atomic mass is 10.1. The molecule has 4 heteroatoms. The summed E-state index contributed by atoms with van der Waals surface area (Å²) in [6.45, 7) is 6.81. The van der Waals surface area contributed by atoms with Gasteiger partial charge < -0.3 is 15.0 Å². The van der Waals surface area contributed by atoms with Gasteiger partial charge in [0.15, 0.2) is 5.96 Å². The van der Waals surface area contributed by atoms with Crippen LogP contribution >= 0.6 is 0 Å². The molecule has 1 fully saturated rings. The molecule has 1 aliphatic rings. The van der Waals surface area contributed by atoms with Crippen molar-refractivity contribution in [3.63, 3.8) is 0 Å². The van der Waals surface area contributed by atoms with E-state index in [-0.39, 0.29) is 0 Å². The van der Waals surface area contributed by atoms with Crippen molar-refractivity contribution in [2.75, 3.05) is 33.3 Å². The van der Waals surface area contributed by atoms with Crippen molar-refractivity contribution in [3.05, 3.63) is 35.9 Å². The number of nitrogens with one attached hydrogen (secondary N) is 1. The Labute approximate surface area is 128 Å². The highest BCUT2D eigenvalue weighted by molar-refractivity contribution is 5.80. The summed E-state index contributed by atoms with van der Waals surface area (Å²) in [6.07, 6.45) is 2.30. The Morgan fingerprint density at radius 1 is 1.38 bits per heavy atom. The summed E-state index contributed by atoms with van der Waals surface area (Å²) < 4.78 is 5.86. The first kappa shape index (κ1) is 15.8. The molecule has 1 aliphatic heterocycles. The van der Waals surface area contributed by atoms with Crippen molar-refractivity contribution in [2.45, 2.75) is 26.4 Å². The number of likely N-dealkylation sites (tertiary alicyclic amines) is 1. The number of hydrogen-bond donors (Lipinski definition) is 1. The molecule has 1 N–H and O–H groups in total. The van der Waals surface area contributed by atoms with Gasteiger partial charge in [-0.2, -0.15) is 0 Å². The van der Waals surface area contributed by atoms with Crippen molar-refractivity contribution in [3.8, 4) is 0 Å². The van der Waals surface area contributed by atoms with Crippen LogP contribution in [0.25, 0.3) is 0 Å². The van der Waals surface area contributed by atoms with Gasteiger partial charge in [0.05, 0.1) is 13.2 Å². The Morgan fingerprint density at radius 2 is 2.19 bits per heavy atom. The summed E-state index contributed by atoms with van der Waals surface area (Å²) >= 11 is 0. The van der Waals surface area contributed by atoms with Crippen molar-refractivity contribution in [1.29, 1.82) is 0 Å². The first-order chi connectivity index (χ1) is 10.3. The van der Waals surface area contributed by atoms with Gasteiger partial charge in [-0.05, 0) is 18.4 Å². The molecule has 116 valence electrons. The number of rotatable bonds is 6. The molecule has 1 aromatic rings. The predicted octanol–water partition coefficient (Wildman–Crippen LogP) is 2.51. The number of ether oxygens (including phenoxy) is 1. The highest BCUT2D eigenvalue weighted by Gasteiger charge is 2.24. The Bertz CT molecular complexity index is 433. The van der Waals surface area contributed by atoms with Crippen LogP contribution in [0.4, 0.5) is 0 Å². The molecular formula is C17H27N3O.